The topological polar surface area (TPSA) is 63.6 Å². The van der Waals surface area contributed by atoms with Crippen LogP contribution in [0.3, 0.4) is 0 Å². The van der Waals surface area contributed by atoms with Gasteiger partial charge in [0.2, 0.25) is 0 Å². The summed E-state index contributed by atoms with van der Waals surface area (Å²) in [5, 5.41) is 0. The van der Waals surface area contributed by atoms with Crippen LogP contribution in [0.4, 0.5) is 0 Å². The second-order valence-electron chi connectivity index (χ2n) is 3.99. The second kappa shape index (κ2) is 6.83. The molecule has 4 nitrogen and oxygen atoms in total. The third-order valence-corrected chi connectivity index (χ3v) is 3.74. The predicted molar refractivity (Wildman–Crippen MR) is 75.6 cm³/mol. The van der Waals surface area contributed by atoms with Crippen LogP contribution in [0.5, 0.6) is 0 Å². The fourth-order valence-corrected chi connectivity index (χ4v) is 2.69. The number of ether oxygens (including phenoxy) is 1. The van der Waals surface area contributed by atoms with E-state index in [0.29, 0.717) is 18.6 Å². The predicted octanol–water partition coefficient (Wildman–Crippen LogP) is 1.58. The zero-order valence-corrected chi connectivity index (χ0v) is 10.8. The molecule has 19 heavy (non-hydrogen) atoms. The summed E-state index contributed by atoms with van der Waals surface area (Å²) in [7, 11) is -2.56. The molecule has 0 aromatic heterocycles. The van der Waals surface area contributed by atoms with Crippen LogP contribution in [0.2, 0.25) is 0 Å². The molecule has 98 valence electrons. The van der Waals surface area contributed by atoms with Gasteiger partial charge in [0.15, 0.2) is 0 Å². The molecule has 0 atom stereocenters. The maximum atomic E-state index is 11.3. The Hall–Kier alpha value is -0.430. The molecule has 0 radical (unpaired) electrons. The molecule has 6 heteroatoms. The van der Waals surface area contributed by atoms with Gasteiger partial charge in [-0.3, -0.25) is 4.55 Å². The van der Waals surface area contributed by atoms with Crippen molar-refractivity contribution < 1.29 is 17.7 Å². The molecule has 0 fully saturated rings. The van der Waals surface area contributed by atoms with Gasteiger partial charge in [-0.2, -0.15) is 8.42 Å². The van der Waals surface area contributed by atoms with Crippen molar-refractivity contribution in [2.45, 2.75) is 11.3 Å². The van der Waals surface area contributed by atoms with Crippen LogP contribution in [0, 0.1) is 0 Å². The van der Waals surface area contributed by atoms with E-state index in [1.165, 1.54) is 6.07 Å². The van der Waals surface area contributed by atoms with Crippen molar-refractivity contribution in [3.8, 4) is 11.1 Å². The molecular formula is C13H15NaO4S. The summed E-state index contributed by atoms with van der Waals surface area (Å²) < 4.78 is 36.7. The van der Waals surface area contributed by atoms with E-state index in [1.807, 2.05) is 12.1 Å². The zero-order valence-electron chi connectivity index (χ0n) is 9.96. The fourth-order valence-electron chi connectivity index (χ4n) is 1.99. The van der Waals surface area contributed by atoms with E-state index in [-0.39, 0.29) is 34.5 Å². The molecular weight excluding hydrogens is 275 g/mol. The van der Waals surface area contributed by atoms with Gasteiger partial charge in [-0.05, 0) is 23.6 Å². The Kier molecular flexibility index (Phi) is 5.98. The van der Waals surface area contributed by atoms with E-state index in [4.69, 9.17) is 4.74 Å². The third-order valence-electron chi connectivity index (χ3n) is 2.83. The van der Waals surface area contributed by atoms with Gasteiger partial charge in [0, 0.05) is 12.7 Å². The number of hydrogen-bond donors (Lipinski definition) is 1. The molecule has 0 bridgehead atoms. The van der Waals surface area contributed by atoms with E-state index in [1.54, 1.807) is 25.3 Å². The van der Waals surface area contributed by atoms with Gasteiger partial charge < -0.3 is 4.74 Å². The number of methoxy groups -OCH3 is 1. The van der Waals surface area contributed by atoms with Crippen LogP contribution in [-0.4, -0.2) is 56.2 Å². The van der Waals surface area contributed by atoms with Crippen LogP contribution >= 0.6 is 0 Å². The monoisotopic (exact) mass is 290 g/mol. The van der Waals surface area contributed by atoms with Crippen molar-refractivity contribution in [2.75, 3.05) is 13.7 Å². The SMILES string of the molecule is COCCc1ccccc2c(S(=O)(=O)O)ccc1-2.[NaH]. The van der Waals surface area contributed by atoms with Gasteiger partial charge in [0.05, 0.1) is 6.61 Å². The van der Waals surface area contributed by atoms with Crippen LogP contribution in [0.15, 0.2) is 41.3 Å². The molecule has 0 aromatic carbocycles. The Labute approximate surface area is 135 Å². The minimum atomic E-state index is -4.18. The van der Waals surface area contributed by atoms with Crippen LogP contribution < -0.4 is 0 Å². The Bertz CT molecular complexity index is 625. The molecule has 0 unspecified atom stereocenters. The molecule has 0 aromatic rings. The second-order valence-corrected chi connectivity index (χ2v) is 5.38. The van der Waals surface area contributed by atoms with Gasteiger partial charge in [-0.25, -0.2) is 0 Å². The first-order valence-electron chi connectivity index (χ1n) is 5.51. The van der Waals surface area contributed by atoms with Crippen molar-refractivity contribution in [2.24, 2.45) is 0 Å². The summed E-state index contributed by atoms with van der Waals surface area (Å²) in [6, 6.07) is 10.4. The molecule has 0 heterocycles. The Morgan fingerprint density at radius 2 is 1.79 bits per heavy atom. The first kappa shape index (κ1) is 16.6. The average Bonchev–Trinajstić information content (AvgIpc) is 2.63. The van der Waals surface area contributed by atoms with Crippen LogP contribution in [0.25, 0.3) is 11.1 Å². The Morgan fingerprint density at radius 1 is 1.11 bits per heavy atom. The summed E-state index contributed by atoms with van der Waals surface area (Å²) >= 11 is 0. The summed E-state index contributed by atoms with van der Waals surface area (Å²) in [4.78, 5) is -0.0487. The molecule has 0 aliphatic heterocycles. The quantitative estimate of drug-likeness (QED) is 0.686. The third kappa shape index (κ3) is 3.78. The van der Waals surface area contributed by atoms with Gasteiger partial charge in [-0.1, -0.05) is 30.3 Å². The summed E-state index contributed by atoms with van der Waals surface area (Å²) in [6.07, 6.45) is 0.691. The molecule has 0 spiro atoms. The summed E-state index contributed by atoms with van der Waals surface area (Å²) in [5.41, 5.74) is 2.35. The van der Waals surface area contributed by atoms with E-state index in [0.717, 1.165) is 11.1 Å². The van der Waals surface area contributed by atoms with Crippen molar-refractivity contribution in [3.05, 3.63) is 42.0 Å². The molecule has 1 N–H and O–H groups in total. The minimum absolute atomic E-state index is 0. The van der Waals surface area contributed by atoms with Crippen molar-refractivity contribution in [1.82, 2.24) is 0 Å². The van der Waals surface area contributed by atoms with Crippen LogP contribution in [-0.2, 0) is 21.3 Å². The zero-order chi connectivity index (χ0) is 13.2. The standard InChI is InChI=1S/C13H14O4S.Na.H/c1-17-9-8-10-4-2-3-5-12-11(10)6-7-13(12)18(14,15)16;;/h2-7H,8-9H2,1H3,(H,14,15,16);;. The van der Waals surface area contributed by atoms with E-state index in [2.05, 4.69) is 0 Å². The molecule has 0 amide bonds. The maximum absolute atomic E-state index is 11.3. The van der Waals surface area contributed by atoms with Gasteiger partial charge in [0.25, 0.3) is 10.1 Å². The van der Waals surface area contributed by atoms with Crippen LogP contribution in [0.1, 0.15) is 5.56 Å². The van der Waals surface area contributed by atoms with Crippen molar-refractivity contribution in [1.29, 1.82) is 0 Å². The first-order chi connectivity index (χ1) is 8.54. The first-order valence-corrected chi connectivity index (χ1v) is 6.95. The normalized spacial score (nSPS) is 11.3. The van der Waals surface area contributed by atoms with E-state index < -0.39 is 10.1 Å². The average molecular weight is 290 g/mol. The van der Waals surface area contributed by atoms with Crippen molar-refractivity contribution in [3.63, 3.8) is 0 Å². The molecule has 0 saturated heterocycles. The van der Waals surface area contributed by atoms with E-state index >= 15 is 0 Å². The van der Waals surface area contributed by atoms with Crippen molar-refractivity contribution >= 4 is 39.7 Å². The summed E-state index contributed by atoms with van der Waals surface area (Å²) in [6.45, 7) is 0.561. The Balaban J connectivity index is 0.00000180. The number of hydrogen-bond acceptors (Lipinski definition) is 3. The molecule has 2 aliphatic rings. The van der Waals surface area contributed by atoms with Gasteiger partial charge >= 0.3 is 29.6 Å². The Morgan fingerprint density at radius 3 is 2.42 bits per heavy atom. The molecule has 0 saturated carbocycles. The number of fused-ring (bicyclic) bond motifs is 1. The fraction of sp³-hybridized carbons (Fsp3) is 0.231. The van der Waals surface area contributed by atoms with E-state index in [9.17, 15) is 13.0 Å². The molecule has 2 aliphatic carbocycles. The van der Waals surface area contributed by atoms with Gasteiger partial charge in [0.1, 0.15) is 4.90 Å². The number of rotatable bonds is 4. The van der Waals surface area contributed by atoms with Gasteiger partial charge in [-0.15, -0.1) is 0 Å². The summed E-state index contributed by atoms with van der Waals surface area (Å²) in [5.74, 6) is 0. The molecule has 2 rings (SSSR count).